The quantitative estimate of drug-likeness (QED) is 0.909. The molecule has 4 heteroatoms. The Hall–Kier alpha value is -0.450. The van der Waals surface area contributed by atoms with Gasteiger partial charge in [-0.2, -0.15) is 0 Å². The number of aromatic nitrogens is 1. The van der Waals surface area contributed by atoms with Crippen molar-refractivity contribution in [2.75, 3.05) is 26.2 Å². The van der Waals surface area contributed by atoms with Gasteiger partial charge >= 0.3 is 0 Å². The van der Waals surface area contributed by atoms with Crippen LogP contribution in [-0.2, 0) is 18.4 Å². The SMILES string of the molecule is CC1(C)CCc2nc(C(C)(C)N3CCNCC3)sc2C1. The maximum atomic E-state index is 5.02. The van der Waals surface area contributed by atoms with Crippen LogP contribution in [0.15, 0.2) is 0 Å². The van der Waals surface area contributed by atoms with Crippen molar-refractivity contribution in [1.29, 1.82) is 0 Å². The first-order valence-electron chi connectivity index (χ1n) is 7.83. The molecule has 0 bridgehead atoms. The number of thiazole rings is 1. The summed E-state index contributed by atoms with van der Waals surface area (Å²) >= 11 is 1.97. The Morgan fingerprint density at radius 2 is 1.95 bits per heavy atom. The lowest BCUT2D eigenvalue weighted by Gasteiger charge is -2.39. The van der Waals surface area contributed by atoms with E-state index in [-0.39, 0.29) is 5.54 Å². The summed E-state index contributed by atoms with van der Waals surface area (Å²) in [6.45, 7) is 13.9. The van der Waals surface area contributed by atoms with Gasteiger partial charge in [0.05, 0.1) is 11.2 Å². The molecule has 1 saturated heterocycles. The van der Waals surface area contributed by atoms with Crippen molar-refractivity contribution in [3.63, 3.8) is 0 Å². The molecule has 2 aliphatic rings. The van der Waals surface area contributed by atoms with Gasteiger partial charge in [-0.25, -0.2) is 4.98 Å². The minimum absolute atomic E-state index is 0.0776. The fourth-order valence-corrected chi connectivity index (χ4v) is 4.81. The Kier molecular flexibility index (Phi) is 3.68. The number of nitrogens with zero attached hydrogens (tertiary/aromatic N) is 2. The van der Waals surface area contributed by atoms with Gasteiger partial charge in [-0.05, 0) is 38.5 Å². The molecule has 0 atom stereocenters. The van der Waals surface area contributed by atoms with Crippen molar-refractivity contribution in [1.82, 2.24) is 15.2 Å². The highest BCUT2D eigenvalue weighted by atomic mass is 32.1. The molecule has 0 spiro atoms. The zero-order valence-electron chi connectivity index (χ0n) is 13.3. The van der Waals surface area contributed by atoms with Crippen molar-refractivity contribution < 1.29 is 0 Å². The van der Waals surface area contributed by atoms with E-state index < -0.39 is 0 Å². The standard InChI is InChI=1S/C16H27N3S/c1-15(2)6-5-12-13(11-15)20-14(18-12)16(3,4)19-9-7-17-8-10-19/h17H,5-11H2,1-4H3. The van der Waals surface area contributed by atoms with Gasteiger partial charge in [-0.1, -0.05) is 13.8 Å². The number of nitrogens with one attached hydrogen (secondary N) is 1. The fraction of sp³-hybridized carbons (Fsp3) is 0.812. The van der Waals surface area contributed by atoms with Gasteiger partial charge < -0.3 is 5.32 Å². The number of hydrogen-bond donors (Lipinski definition) is 1. The van der Waals surface area contributed by atoms with Crippen LogP contribution in [0.4, 0.5) is 0 Å². The molecule has 1 aliphatic heterocycles. The normalized spacial score (nSPS) is 23.6. The van der Waals surface area contributed by atoms with Crippen molar-refractivity contribution in [2.24, 2.45) is 5.41 Å². The molecule has 3 nitrogen and oxygen atoms in total. The summed E-state index contributed by atoms with van der Waals surface area (Å²) in [5, 5.41) is 4.76. The lowest BCUT2D eigenvalue weighted by molar-refractivity contribution is 0.102. The molecular formula is C16H27N3S. The largest absolute Gasteiger partial charge is 0.314 e. The Labute approximate surface area is 126 Å². The maximum Gasteiger partial charge on any atom is 0.113 e. The third-order valence-corrected chi connectivity index (χ3v) is 6.30. The van der Waals surface area contributed by atoms with E-state index in [1.807, 2.05) is 11.3 Å². The van der Waals surface area contributed by atoms with Gasteiger partial charge in [0.1, 0.15) is 5.01 Å². The summed E-state index contributed by atoms with van der Waals surface area (Å²) in [5.74, 6) is 0. The highest BCUT2D eigenvalue weighted by Crippen LogP contribution is 2.40. The number of rotatable bonds is 2. The maximum absolute atomic E-state index is 5.02. The summed E-state index contributed by atoms with van der Waals surface area (Å²) in [4.78, 5) is 9.14. The third-order valence-electron chi connectivity index (χ3n) is 4.89. The van der Waals surface area contributed by atoms with Crippen molar-refractivity contribution >= 4 is 11.3 Å². The topological polar surface area (TPSA) is 28.2 Å². The van der Waals surface area contributed by atoms with Gasteiger partial charge in [0, 0.05) is 31.1 Å². The molecule has 0 unspecified atom stereocenters. The fourth-order valence-electron chi connectivity index (χ4n) is 3.32. The molecule has 3 rings (SSSR count). The van der Waals surface area contributed by atoms with Crippen LogP contribution in [0.5, 0.6) is 0 Å². The van der Waals surface area contributed by atoms with E-state index in [2.05, 4.69) is 37.9 Å². The van der Waals surface area contributed by atoms with E-state index in [1.165, 1.54) is 23.5 Å². The van der Waals surface area contributed by atoms with E-state index in [0.29, 0.717) is 5.41 Å². The van der Waals surface area contributed by atoms with E-state index in [9.17, 15) is 0 Å². The van der Waals surface area contributed by atoms with E-state index >= 15 is 0 Å². The first kappa shape index (κ1) is 14.5. The third kappa shape index (κ3) is 2.66. The van der Waals surface area contributed by atoms with Gasteiger partial charge in [-0.3, -0.25) is 4.90 Å². The highest BCUT2D eigenvalue weighted by Gasteiger charge is 2.35. The van der Waals surface area contributed by atoms with Gasteiger partial charge in [0.15, 0.2) is 0 Å². The molecule has 2 heterocycles. The number of piperazine rings is 1. The number of hydrogen-bond acceptors (Lipinski definition) is 4. The van der Waals surface area contributed by atoms with Crippen molar-refractivity contribution in [3.05, 3.63) is 15.6 Å². The second-order valence-corrected chi connectivity index (χ2v) is 8.61. The molecule has 1 aromatic rings. The molecule has 112 valence electrons. The van der Waals surface area contributed by atoms with E-state index in [0.717, 1.165) is 32.6 Å². The molecule has 0 radical (unpaired) electrons. The minimum Gasteiger partial charge on any atom is -0.314 e. The van der Waals surface area contributed by atoms with Gasteiger partial charge in [-0.15, -0.1) is 11.3 Å². The second-order valence-electron chi connectivity index (χ2n) is 7.53. The Morgan fingerprint density at radius 1 is 1.25 bits per heavy atom. The van der Waals surface area contributed by atoms with E-state index in [1.54, 1.807) is 4.88 Å². The first-order valence-corrected chi connectivity index (χ1v) is 8.65. The molecule has 0 amide bonds. The molecule has 1 N–H and O–H groups in total. The van der Waals surface area contributed by atoms with Crippen LogP contribution in [0, 0.1) is 5.41 Å². The van der Waals surface area contributed by atoms with Crippen LogP contribution in [-0.4, -0.2) is 36.1 Å². The van der Waals surface area contributed by atoms with E-state index in [4.69, 9.17) is 4.98 Å². The number of aryl methyl sites for hydroxylation is 1. The zero-order valence-corrected chi connectivity index (χ0v) is 14.1. The summed E-state index contributed by atoms with van der Waals surface area (Å²) in [7, 11) is 0. The molecule has 20 heavy (non-hydrogen) atoms. The first-order chi connectivity index (χ1) is 9.38. The highest BCUT2D eigenvalue weighted by molar-refractivity contribution is 7.11. The predicted octanol–water partition coefficient (Wildman–Crippen LogP) is 2.80. The van der Waals surface area contributed by atoms with Crippen molar-refractivity contribution in [2.45, 2.75) is 52.5 Å². The lowest BCUT2D eigenvalue weighted by atomic mass is 9.79. The zero-order chi connectivity index (χ0) is 14.4. The average molecular weight is 293 g/mol. The molecule has 1 fully saturated rings. The Morgan fingerprint density at radius 3 is 2.65 bits per heavy atom. The summed E-state index contributed by atoms with van der Waals surface area (Å²) < 4.78 is 0. The molecule has 0 saturated carbocycles. The van der Waals surface area contributed by atoms with Crippen LogP contribution in [0.25, 0.3) is 0 Å². The van der Waals surface area contributed by atoms with Crippen LogP contribution >= 0.6 is 11.3 Å². The lowest BCUT2D eigenvalue weighted by Crippen LogP contribution is -2.51. The van der Waals surface area contributed by atoms with Crippen LogP contribution < -0.4 is 5.32 Å². The Balaban J connectivity index is 1.85. The predicted molar refractivity (Wildman–Crippen MR) is 85.4 cm³/mol. The second kappa shape index (κ2) is 5.08. The molecule has 1 aromatic heterocycles. The monoisotopic (exact) mass is 293 g/mol. The van der Waals surface area contributed by atoms with Crippen molar-refractivity contribution in [3.8, 4) is 0 Å². The average Bonchev–Trinajstić information content (AvgIpc) is 2.82. The minimum atomic E-state index is 0.0776. The van der Waals surface area contributed by atoms with Crippen LogP contribution in [0.3, 0.4) is 0 Å². The summed E-state index contributed by atoms with van der Waals surface area (Å²) in [6, 6.07) is 0. The van der Waals surface area contributed by atoms with Crippen LogP contribution in [0.1, 0.15) is 49.7 Å². The molecule has 0 aromatic carbocycles. The number of fused-ring (bicyclic) bond motifs is 1. The van der Waals surface area contributed by atoms with Gasteiger partial charge in [0.2, 0.25) is 0 Å². The smallest absolute Gasteiger partial charge is 0.113 e. The van der Waals surface area contributed by atoms with Gasteiger partial charge in [0.25, 0.3) is 0 Å². The Bertz CT molecular complexity index is 484. The van der Waals surface area contributed by atoms with Crippen LogP contribution in [0.2, 0.25) is 0 Å². The molecular weight excluding hydrogens is 266 g/mol. The molecule has 1 aliphatic carbocycles. The summed E-state index contributed by atoms with van der Waals surface area (Å²) in [6.07, 6.45) is 3.64. The summed E-state index contributed by atoms with van der Waals surface area (Å²) in [5.41, 5.74) is 1.91.